The number of hydrogen-bond acceptors (Lipinski definition) is 2. The van der Waals surface area contributed by atoms with Crippen LogP contribution < -0.4 is 11.5 Å². The molecule has 2 rings (SSSR count). The van der Waals surface area contributed by atoms with Crippen LogP contribution in [0.15, 0.2) is 11.1 Å². The van der Waals surface area contributed by atoms with E-state index in [2.05, 4.69) is 0 Å². The highest BCUT2D eigenvalue weighted by Gasteiger charge is 2.43. The van der Waals surface area contributed by atoms with Gasteiger partial charge in [0.25, 0.3) is 0 Å². The lowest BCUT2D eigenvalue weighted by atomic mass is 9.91. The van der Waals surface area contributed by atoms with Crippen LogP contribution in [0.5, 0.6) is 0 Å². The Labute approximate surface area is 76.0 Å². The predicted molar refractivity (Wildman–Crippen MR) is 46.2 cm³/mol. The van der Waals surface area contributed by atoms with Gasteiger partial charge >= 0.3 is 0 Å². The van der Waals surface area contributed by atoms with Crippen molar-refractivity contribution < 1.29 is 9.59 Å². The monoisotopic (exact) mass is 180 g/mol. The summed E-state index contributed by atoms with van der Waals surface area (Å²) in [4.78, 5) is 22.1. The number of nitrogens with two attached hydrogens (primary N) is 2. The fraction of sp³-hybridized carbons (Fsp3) is 0.556. The highest BCUT2D eigenvalue weighted by molar-refractivity contribution is 6.05. The maximum Gasteiger partial charge on any atom is 0.245 e. The summed E-state index contributed by atoms with van der Waals surface area (Å²) >= 11 is 0. The minimum Gasteiger partial charge on any atom is -0.366 e. The van der Waals surface area contributed by atoms with E-state index in [4.69, 9.17) is 11.5 Å². The molecule has 0 radical (unpaired) electrons. The molecule has 1 saturated carbocycles. The first-order valence-electron chi connectivity index (χ1n) is 4.45. The van der Waals surface area contributed by atoms with E-state index >= 15 is 0 Å². The zero-order valence-electron chi connectivity index (χ0n) is 7.25. The molecule has 13 heavy (non-hydrogen) atoms. The molecule has 70 valence electrons. The van der Waals surface area contributed by atoms with Gasteiger partial charge in [0, 0.05) is 11.1 Å². The van der Waals surface area contributed by atoms with Gasteiger partial charge in [-0.25, -0.2) is 0 Å². The zero-order chi connectivity index (χ0) is 9.59. The van der Waals surface area contributed by atoms with Crippen LogP contribution in [0, 0.1) is 11.8 Å². The maximum atomic E-state index is 11.1. The number of fused-ring (bicyclic) bond motifs is 2. The summed E-state index contributed by atoms with van der Waals surface area (Å²) in [5.41, 5.74) is 11.4. The second-order valence-electron chi connectivity index (χ2n) is 3.76. The van der Waals surface area contributed by atoms with Crippen molar-refractivity contribution in [2.24, 2.45) is 23.3 Å². The van der Waals surface area contributed by atoms with Gasteiger partial charge in [-0.05, 0) is 31.1 Å². The lowest BCUT2D eigenvalue weighted by Crippen LogP contribution is -2.26. The molecule has 0 spiro atoms. The van der Waals surface area contributed by atoms with Crippen LogP contribution in [0.4, 0.5) is 0 Å². The lowest BCUT2D eigenvalue weighted by Gasteiger charge is -2.14. The third-order valence-electron chi connectivity index (χ3n) is 3.07. The van der Waals surface area contributed by atoms with Gasteiger partial charge in [0.2, 0.25) is 11.8 Å². The Bertz CT molecular complexity index is 290. The van der Waals surface area contributed by atoms with E-state index in [9.17, 15) is 9.59 Å². The molecule has 0 unspecified atom stereocenters. The molecule has 2 amide bonds. The van der Waals surface area contributed by atoms with Crippen LogP contribution in [-0.2, 0) is 9.59 Å². The molecule has 2 aliphatic carbocycles. The van der Waals surface area contributed by atoms with Crippen LogP contribution in [0.3, 0.4) is 0 Å². The third kappa shape index (κ3) is 1.05. The fourth-order valence-corrected chi connectivity index (χ4v) is 2.61. The van der Waals surface area contributed by atoms with E-state index in [1.54, 1.807) is 0 Å². The van der Waals surface area contributed by atoms with Crippen molar-refractivity contribution in [3.8, 4) is 0 Å². The lowest BCUT2D eigenvalue weighted by molar-refractivity contribution is -0.117. The first-order chi connectivity index (χ1) is 6.11. The van der Waals surface area contributed by atoms with Crippen LogP contribution in [0.25, 0.3) is 0 Å². The van der Waals surface area contributed by atoms with E-state index < -0.39 is 11.8 Å². The van der Waals surface area contributed by atoms with Crippen molar-refractivity contribution in [1.82, 2.24) is 0 Å². The number of primary amides is 2. The Balaban J connectivity index is 2.46. The SMILES string of the molecule is NC(=O)C1=C(C(N)=O)[C@H]2CC[C@@H]1C2. The van der Waals surface area contributed by atoms with Crippen LogP contribution in [0.2, 0.25) is 0 Å². The summed E-state index contributed by atoms with van der Waals surface area (Å²) < 4.78 is 0. The molecule has 4 N–H and O–H groups in total. The summed E-state index contributed by atoms with van der Waals surface area (Å²) in [6.07, 6.45) is 2.83. The topological polar surface area (TPSA) is 86.2 Å². The van der Waals surface area contributed by atoms with Gasteiger partial charge in [0.05, 0.1) is 0 Å². The molecule has 4 nitrogen and oxygen atoms in total. The number of amides is 2. The summed E-state index contributed by atoms with van der Waals surface area (Å²) in [6, 6.07) is 0. The normalized spacial score (nSPS) is 31.1. The Morgan fingerprint density at radius 1 is 1.00 bits per heavy atom. The Morgan fingerprint density at radius 2 is 1.38 bits per heavy atom. The van der Waals surface area contributed by atoms with Crippen LogP contribution >= 0.6 is 0 Å². The number of carbonyl (C=O) groups is 2. The van der Waals surface area contributed by atoms with E-state index in [1.165, 1.54) is 0 Å². The maximum absolute atomic E-state index is 11.1. The molecular weight excluding hydrogens is 168 g/mol. The van der Waals surface area contributed by atoms with Crippen molar-refractivity contribution in [2.45, 2.75) is 19.3 Å². The number of carbonyl (C=O) groups excluding carboxylic acids is 2. The second-order valence-corrected chi connectivity index (χ2v) is 3.76. The van der Waals surface area contributed by atoms with E-state index in [1.807, 2.05) is 0 Å². The average molecular weight is 180 g/mol. The highest BCUT2D eigenvalue weighted by atomic mass is 16.2. The molecule has 2 bridgehead atoms. The van der Waals surface area contributed by atoms with Crippen molar-refractivity contribution in [3.05, 3.63) is 11.1 Å². The largest absolute Gasteiger partial charge is 0.366 e. The van der Waals surface area contributed by atoms with Crippen molar-refractivity contribution in [1.29, 1.82) is 0 Å². The zero-order valence-corrected chi connectivity index (χ0v) is 7.25. The van der Waals surface area contributed by atoms with Crippen molar-refractivity contribution in [2.75, 3.05) is 0 Å². The van der Waals surface area contributed by atoms with Crippen molar-refractivity contribution in [3.63, 3.8) is 0 Å². The Hall–Kier alpha value is -1.32. The van der Waals surface area contributed by atoms with Gasteiger partial charge in [-0.2, -0.15) is 0 Å². The van der Waals surface area contributed by atoms with Crippen LogP contribution in [-0.4, -0.2) is 11.8 Å². The molecule has 0 aromatic carbocycles. The molecule has 4 heteroatoms. The van der Waals surface area contributed by atoms with Gasteiger partial charge in [-0.15, -0.1) is 0 Å². The van der Waals surface area contributed by atoms with Gasteiger partial charge in [0.1, 0.15) is 0 Å². The van der Waals surface area contributed by atoms with Gasteiger partial charge in [0.15, 0.2) is 0 Å². The van der Waals surface area contributed by atoms with Crippen LogP contribution in [0.1, 0.15) is 19.3 Å². The number of rotatable bonds is 2. The third-order valence-corrected chi connectivity index (χ3v) is 3.07. The molecule has 0 aliphatic heterocycles. The average Bonchev–Trinajstić information content (AvgIpc) is 2.60. The highest BCUT2D eigenvalue weighted by Crippen LogP contribution is 2.48. The van der Waals surface area contributed by atoms with Gasteiger partial charge in [-0.3, -0.25) is 9.59 Å². The minimum absolute atomic E-state index is 0.199. The molecule has 0 heterocycles. The summed E-state index contributed by atoms with van der Waals surface area (Å²) in [5.74, 6) is -0.544. The molecular formula is C9H12N2O2. The Morgan fingerprint density at radius 3 is 1.69 bits per heavy atom. The van der Waals surface area contributed by atoms with E-state index in [-0.39, 0.29) is 11.8 Å². The molecule has 2 aliphatic rings. The molecule has 0 aromatic rings. The quantitative estimate of drug-likeness (QED) is 0.610. The molecule has 0 saturated heterocycles. The standard InChI is InChI=1S/C9H12N2O2/c10-8(12)6-4-1-2-5(3-4)7(6)9(11)13/h4-5H,1-3H2,(H2,10,12)(H2,11,13)/t4-,5+. The van der Waals surface area contributed by atoms with E-state index in [0.29, 0.717) is 11.1 Å². The van der Waals surface area contributed by atoms with Crippen molar-refractivity contribution >= 4 is 11.8 Å². The first kappa shape index (κ1) is 8.29. The fourth-order valence-electron chi connectivity index (χ4n) is 2.61. The molecule has 0 aromatic heterocycles. The summed E-state index contributed by atoms with van der Waals surface area (Å²) in [5, 5.41) is 0. The summed E-state index contributed by atoms with van der Waals surface area (Å²) in [7, 11) is 0. The first-order valence-corrected chi connectivity index (χ1v) is 4.45. The van der Waals surface area contributed by atoms with E-state index in [0.717, 1.165) is 19.3 Å². The Kier molecular flexibility index (Phi) is 1.65. The minimum atomic E-state index is -0.471. The molecule has 2 atom stereocenters. The molecule has 1 fully saturated rings. The van der Waals surface area contributed by atoms with Gasteiger partial charge < -0.3 is 11.5 Å². The predicted octanol–water partition coefficient (Wildman–Crippen LogP) is -0.317. The smallest absolute Gasteiger partial charge is 0.245 e. The summed E-state index contributed by atoms with van der Waals surface area (Å²) in [6.45, 7) is 0. The second kappa shape index (κ2) is 2.58. The number of hydrogen-bond donors (Lipinski definition) is 2. The van der Waals surface area contributed by atoms with Gasteiger partial charge in [-0.1, -0.05) is 0 Å².